The van der Waals surface area contributed by atoms with Gasteiger partial charge in [0.2, 0.25) is 0 Å². The molecule has 3 aromatic carbocycles. The van der Waals surface area contributed by atoms with Crippen LogP contribution in [0.1, 0.15) is 22.8 Å². The zero-order valence-corrected chi connectivity index (χ0v) is 17.0. The van der Waals surface area contributed by atoms with Crippen molar-refractivity contribution in [2.24, 2.45) is 0 Å². The van der Waals surface area contributed by atoms with Gasteiger partial charge in [0.05, 0.1) is 11.5 Å². The van der Waals surface area contributed by atoms with E-state index < -0.39 is 10.0 Å². The average Bonchev–Trinajstić information content (AvgIpc) is 2.70. The Morgan fingerprint density at radius 2 is 1.62 bits per heavy atom. The molecule has 29 heavy (non-hydrogen) atoms. The standard InChI is InChI=1S/C22H22N2O4S/c1-3-28-20-11-9-18(10-12-20)23-22(25)17-5-4-6-19(15-17)24-29(26,27)21-13-7-16(2)8-14-21/h4-15,24H,3H2,1-2H3,(H,23,25). The lowest BCUT2D eigenvalue weighted by molar-refractivity contribution is 0.102. The van der Waals surface area contributed by atoms with Crippen LogP contribution < -0.4 is 14.8 Å². The zero-order valence-electron chi connectivity index (χ0n) is 16.2. The summed E-state index contributed by atoms with van der Waals surface area (Å²) in [6.07, 6.45) is 0. The van der Waals surface area contributed by atoms with E-state index >= 15 is 0 Å². The van der Waals surface area contributed by atoms with Gasteiger partial charge in [-0.3, -0.25) is 9.52 Å². The Kier molecular flexibility index (Phi) is 6.19. The Balaban J connectivity index is 1.73. The first-order valence-corrected chi connectivity index (χ1v) is 10.6. The Bertz CT molecular complexity index is 1090. The molecular formula is C22H22N2O4S. The van der Waals surface area contributed by atoms with Crippen molar-refractivity contribution in [3.63, 3.8) is 0 Å². The summed E-state index contributed by atoms with van der Waals surface area (Å²) in [6.45, 7) is 4.35. The zero-order chi connectivity index (χ0) is 20.9. The summed E-state index contributed by atoms with van der Waals surface area (Å²) in [4.78, 5) is 12.7. The van der Waals surface area contributed by atoms with Crippen LogP contribution in [0.25, 0.3) is 0 Å². The first-order chi connectivity index (χ1) is 13.9. The highest BCUT2D eigenvalue weighted by Crippen LogP contribution is 2.20. The van der Waals surface area contributed by atoms with Crippen LogP contribution in [0.4, 0.5) is 11.4 Å². The molecule has 0 aliphatic carbocycles. The molecule has 7 heteroatoms. The van der Waals surface area contributed by atoms with Gasteiger partial charge in [0, 0.05) is 16.9 Å². The number of hydrogen-bond donors (Lipinski definition) is 2. The summed E-state index contributed by atoms with van der Waals surface area (Å²) < 4.78 is 33.0. The van der Waals surface area contributed by atoms with Gasteiger partial charge in [-0.15, -0.1) is 0 Å². The molecular weight excluding hydrogens is 388 g/mol. The lowest BCUT2D eigenvalue weighted by atomic mass is 10.2. The molecule has 0 aromatic heterocycles. The van der Waals surface area contributed by atoms with Crippen LogP contribution in [0, 0.1) is 6.92 Å². The van der Waals surface area contributed by atoms with E-state index in [4.69, 9.17) is 4.74 Å². The van der Waals surface area contributed by atoms with Crippen LogP contribution in [0.3, 0.4) is 0 Å². The Morgan fingerprint density at radius 3 is 2.28 bits per heavy atom. The highest BCUT2D eigenvalue weighted by Gasteiger charge is 2.15. The van der Waals surface area contributed by atoms with Gasteiger partial charge < -0.3 is 10.1 Å². The highest BCUT2D eigenvalue weighted by molar-refractivity contribution is 7.92. The van der Waals surface area contributed by atoms with Crippen LogP contribution in [-0.2, 0) is 10.0 Å². The second kappa shape index (κ2) is 8.79. The predicted molar refractivity (Wildman–Crippen MR) is 114 cm³/mol. The summed E-state index contributed by atoms with van der Waals surface area (Å²) in [5.74, 6) is 0.378. The lowest BCUT2D eigenvalue weighted by Crippen LogP contribution is -2.15. The minimum absolute atomic E-state index is 0.160. The number of ether oxygens (including phenoxy) is 1. The highest BCUT2D eigenvalue weighted by atomic mass is 32.2. The maximum atomic E-state index is 12.5. The molecule has 0 unspecified atom stereocenters. The van der Waals surface area contributed by atoms with Crippen LogP contribution in [0.5, 0.6) is 5.75 Å². The Labute approximate surface area is 170 Å². The largest absolute Gasteiger partial charge is 0.494 e. The summed E-state index contributed by atoms with van der Waals surface area (Å²) in [7, 11) is -3.74. The molecule has 0 saturated carbocycles. The molecule has 150 valence electrons. The van der Waals surface area contributed by atoms with Crippen molar-refractivity contribution >= 4 is 27.3 Å². The average molecular weight is 410 g/mol. The number of nitrogens with one attached hydrogen (secondary N) is 2. The van der Waals surface area contributed by atoms with Crippen molar-refractivity contribution in [2.45, 2.75) is 18.7 Å². The van der Waals surface area contributed by atoms with Gasteiger partial charge >= 0.3 is 0 Å². The summed E-state index contributed by atoms with van der Waals surface area (Å²) in [5.41, 5.74) is 2.23. The first-order valence-electron chi connectivity index (χ1n) is 9.11. The number of carbonyl (C=O) groups excluding carboxylic acids is 1. The summed E-state index contributed by atoms with van der Waals surface area (Å²) >= 11 is 0. The minimum atomic E-state index is -3.74. The molecule has 1 amide bonds. The number of benzene rings is 3. The molecule has 0 aliphatic rings. The fraction of sp³-hybridized carbons (Fsp3) is 0.136. The smallest absolute Gasteiger partial charge is 0.261 e. The van der Waals surface area contributed by atoms with Crippen molar-refractivity contribution in [2.75, 3.05) is 16.6 Å². The second-order valence-electron chi connectivity index (χ2n) is 6.41. The van der Waals surface area contributed by atoms with Gasteiger partial charge in [-0.05, 0) is 68.4 Å². The maximum Gasteiger partial charge on any atom is 0.261 e. The van der Waals surface area contributed by atoms with Crippen molar-refractivity contribution in [3.05, 3.63) is 83.9 Å². The second-order valence-corrected chi connectivity index (χ2v) is 8.09. The normalized spacial score (nSPS) is 11.0. The van der Waals surface area contributed by atoms with E-state index in [0.717, 1.165) is 11.3 Å². The first kappa shape index (κ1) is 20.4. The molecule has 0 fully saturated rings. The molecule has 0 spiro atoms. The molecule has 0 bridgehead atoms. The third-order valence-electron chi connectivity index (χ3n) is 4.13. The van der Waals surface area contributed by atoms with Crippen molar-refractivity contribution in [1.29, 1.82) is 0 Å². The van der Waals surface area contributed by atoms with Gasteiger partial charge in [-0.2, -0.15) is 0 Å². The number of amides is 1. The topological polar surface area (TPSA) is 84.5 Å². The van der Waals surface area contributed by atoms with E-state index in [0.29, 0.717) is 23.5 Å². The fourth-order valence-electron chi connectivity index (χ4n) is 2.66. The van der Waals surface area contributed by atoms with E-state index in [1.807, 2.05) is 13.8 Å². The molecule has 3 rings (SSSR count). The summed E-state index contributed by atoms with van der Waals surface area (Å²) in [5, 5.41) is 2.78. The molecule has 2 N–H and O–H groups in total. The molecule has 0 atom stereocenters. The van der Waals surface area contributed by atoms with Gasteiger partial charge in [-0.1, -0.05) is 23.8 Å². The third kappa shape index (κ3) is 5.36. The monoisotopic (exact) mass is 410 g/mol. The van der Waals surface area contributed by atoms with Gasteiger partial charge in [0.15, 0.2) is 0 Å². The van der Waals surface area contributed by atoms with Gasteiger partial charge in [0.25, 0.3) is 15.9 Å². The van der Waals surface area contributed by atoms with E-state index in [1.54, 1.807) is 66.7 Å². The van der Waals surface area contributed by atoms with Crippen molar-refractivity contribution < 1.29 is 17.9 Å². The van der Waals surface area contributed by atoms with Crippen LogP contribution >= 0.6 is 0 Å². The molecule has 3 aromatic rings. The van der Waals surface area contributed by atoms with Crippen molar-refractivity contribution in [3.8, 4) is 5.75 Å². The quantitative estimate of drug-likeness (QED) is 0.603. The van der Waals surface area contributed by atoms with E-state index in [2.05, 4.69) is 10.0 Å². The van der Waals surface area contributed by atoms with Gasteiger partial charge in [-0.25, -0.2) is 8.42 Å². The molecule has 0 heterocycles. The number of sulfonamides is 1. The Morgan fingerprint density at radius 1 is 0.931 bits per heavy atom. The number of aryl methyl sites for hydroxylation is 1. The molecule has 0 radical (unpaired) electrons. The van der Waals surface area contributed by atoms with Crippen LogP contribution in [-0.4, -0.2) is 20.9 Å². The van der Waals surface area contributed by atoms with E-state index in [9.17, 15) is 13.2 Å². The maximum absolute atomic E-state index is 12.5. The fourth-order valence-corrected chi connectivity index (χ4v) is 3.71. The summed E-state index contributed by atoms with van der Waals surface area (Å²) in [6, 6.07) is 19.9. The van der Waals surface area contributed by atoms with E-state index in [-0.39, 0.29) is 10.8 Å². The van der Waals surface area contributed by atoms with Crippen molar-refractivity contribution in [1.82, 2.24) is 0 Å². The molecule has 0 aliphatic heterocycles. The third-order valence-corrected chi connectivity index (χ3v) is 5.53. The SMILES string of the molecule is CCOc1ccc(NC(=O)c2cccc(NS(=O)(=O)c3ccc(C)cc3)c2)cc1. The van der Waals surface area contributed by atoms with E-state index in [1.165, 1.54) is 6.07 Å². The number of hydrogen-bond acceptors (Lipinski definition) is 4. The molecule has 0 saturated heterocycles. The number of rotatable bonds is 7. The van der Waals surface area contributed by atoms with Crippen LogP contribution in [0.2, 0.25) is 0 Å². The van der Waals surface area contributed by atoms with Crippen LogP contribution in [0.15, 0.2) is 77.7 Å². The number of anilines is 2. The number of carbonyl (C=O) groups is 1. The van der Waals surface area contributed by atoms with Gasteiger partial charge in [0.1, 0.15) is 5.75 Å². The molecule has 6 nitrogen and oxygen atoms in total. The Hall–Kier alpha value is -3.32. The lowest BCUT2D eigenvalue weighted by Gasteiger charge is -2.11. The predicted octanol–water partition coefficient (Wildman–Crippen LogP) is 4.45. The minimum Gasteiger partial charge on any atom is -0.494 e.